The van der Waals surface area contributed by atoms with Crippen molar-refractivity contribution < 1.29 is 14.3 Å². The van der Waals surface area contributed by atoms with Crippen molar-refractivity contribution in [2.45, 2.75) is 213 Å². The zero-order chi connectivity index (χ0) is 37.3. The van der Waals surface area contributed by atoms with Crippen LogP contribution in [0, 0.1) is 0 Å². The molecule has 1 aliphatic rings. The molecule has 1 fully saturated rings. The van der Waals surface area contributed by atoms with Gasteiger partial charge in [-0.05, 0) is 90.1 Å². The number of carbonyl (C=O) groups excluding carboxylic acids is 1. The Balaban J connectivity index is 2.10. The molecule has 0 spiro atoms. The van der Waals surface area contributed by atoms with Crippen molar-refractivity contribution in [3.8, 4) is 0 Å². The molecule has 1 heterocycles. The second kappa shape index (κ2) is 41.3. The molecule has 0 aliphatic carbocycles. The van der Waals surface area contributed by atoms with E-state index < -0.39 is 0 Å². The van der Waals surface area contributed by atoms with Gasteiger partial charge in [0, 0.05) is 32.1 Å². The summed E-state index contributed by atoms with van der Waals surface area (Å²) in [6, 6.07) is 0. The van der Waals surface area contributed by atoms with Gasteiger partial charge in [-0.1, -0.05) is 165 Å². The smallest absolute Gasteiger partial charge is 0.279 e. The molecular formula is C46H88N2O3S. The topological polar surface area (TPSA) is 50.8 Å². The van der Waals surface area contributed by atoms with Gasteiger partial charge in [-0.15, -0.1) is 0 Å². The Labute approximate surface area is 329 Å². The number of hydrogen-bond acceptors (Lipinski definition) is 5. The maximum atomic E-state index is 12.5. The number of thioether (sulfide) groups is 1. The van der Waals surface area contributed by atoms with Crippen molar-refractivity contribution in [3.63, 3.8) is 0 Å². The van der Waals surface area contributed by atoms with Gasteiger partial charge in [-0.3, -0.25) is 4.79 Å². The molecule has 0 bridgehead atoms. The van der Waals surface area contributed by atoms with E-state index in [1.165, 1.54) is 205 Å². The maximum Gasteiger partial charge on any atom is 0.279 e. The molecule has 6 heteroatoms. The maximum absolute atomic E-state index is 12.5. The van der Waals surface area contributed by atoms with Gasteiger partial charge in [0.15, 0.2) is 0 Å². The van der Waals surface area contributed by atoms with Crippen LogP contribution in [0.4, 0.5) is 4.79 Å². The summed E-state index contributed by atoms with van der Waals surface area (Å²) in [7, 11) is 0. The molecule has 1 aliphatic heterocycles. The molecule has 0 aromatic carbocycles. The monoisotopic (exact) mass is 749 g/mol. The highest BCUT2D eigenvalue weighted by Gasteiger charge is 2.14. The zero-order valence-electron chi connectivity index (χ0n) is 34.8. The van der Waals surface area contributed by atoms with E-state index in [1.54, 1.807) is 0 Å². The third kappa shape index (κ3) is 36.2. The van der Waals surface area contributed by atoms with Crippen LogP contribution in [-0.4, -0.2) is 68.0 Å². The molecule has 1 atom stereocenters. The van der Waals surface area contributed by atoms with Gasteiger partial charge in [0.1, 0.15) is 0 Å². The molecule has 1 saturated heterocycles. The number of allylic oxidation sites excluding steroid dienone is 4. The van der Waals surface area contributed by atoms with Gasteiger partial charge >= 0.3 is 0 Å². The van der Waals surface area contributed by atoms with Crippen LogP contribution in [-0.2, 0) is 9.47 Å². The predicted octanol–water partition coefficient (Wildman–Crippen LogP) is 14.0. The van der Waals surface area contributed by atoms with Crippen LogP contribution in [0.2, 0.25) is 0 Å². The number of hydrogen-bond donors (Lipinski definition) is 1. The van der Waals surface area contributed by atoms with Crippen LogP contribution < -0.4 is 5.32 Å². The van der Waals surface area contributed by atoms with Crippen LogP contribution in [0.3, 0.4) is 0 Å². The van der Waals surface area contributed by atoms with Crippen molar-refractivity contribution in [1.29, 1.82) is 0 Å². The van der Waals surface area contributed by atoms with Gasteiger partial charge in [-0.25, -0.2) is 0 Å². The summed E-state index contributed by atoms with van der Waals surface area (Å²) in [5.41, 5.74) is 0. The highest BCUT2D eigenvalue weighted by Crippen LogP contribution is 2.13. The van der Waals surface area contributed by atoms with E-state index in [0.29, 0.717) is 13.2 Å². The molecule has 1 N–H and O–H groups in total. The minimum Gasteiger partial charge on any atom is -0.379 e. The Bertz CT molecular complexity index is 786. The number of unbranched alkanes of at least 4 members (excludes halogenated alkanes) is 24. The summed E-state index contributed by atoms with van der Waals surface area (Å²) in [6.45, 7) is 10.6. The molecule has 0 radical (unpaired) electrons. The fourth-order valence-electron chi connectivity index (χ4n) is 6.95. The molecule has 0 aromatic rings. The van der Waals surface area contributed by atoms with Crippen molar-refractivity contribution in [3.05, 3.63) is 24.3 Å². The molecule has 1 amide bonds. The van der Waals surface area contributed by atoms with Gasteiger partial charge in [0.25, 0.3) is 5.24 Å². The van der Waals surface area contributed by atoms with Gasteiger partial charge in [0.2, 0.25) is 0 Å². The molecule has 1 rings (SSSR count). The fraction of sp³-hybridized carbons (Fsp3) is 0.891. The Kier molecular flexibility index (Phi) is 39.1. The molecule has 0 aromatic heterocycles. The average Bonchev–Trinajstić information content (AvgIpc) is 3.68. The van der Waals surface area contributed by atoms with E-state index >= 15 is 0 Å². The highest BCUT2D eigenvalue weighted by molar-refractivity contribution is 8.13. The lowest BCUT2D eigenvalue weighted by atomic mass is 10.1. The molecule has 52 heavy (non-hydrogen) atoms. The normalized spacial score (nSPS) is 14.3. The number of nitrogens with one attached hydrogen (secondary N) is 1. The Morgan fingerprint density at radius 3 is 1.50 bits per heavy atom. The molecule has 0 saturated carbocycles. The molecule has 5 nitrogen and oxygen atoms in total. The van der Waals surface area contributed by atoms with Crippen LogP contribution >= 0.6 is 11.8 Å². The van der Waals surface area contributed by atoms with E-state index in [0.717, 1.165) is 38.4 Å². The summed E-state index contributed by atoms with van der Waals surface area (Å²) in [4.78, 5) is 15.0. The van der Waals surface area contributed by atoms with E-state index in [1.807, 2.05) is 0 Å². The number of rotatable bonds is 40. The lowest BCUT2D eigenvalue weighted by Crippen LogP contribution is -2.35. The summed E-state index contributed by atoms with van der Waals surface area (Å²) in [5.74, 6) is 0.860. The predicted molar refractivity (Wildman–Crippen MR) is 231 cm³/mol. The highest BCUT2D eigenvalue weighted by atomic mass is 32.2. The second-order valence-corrected chi connectivity index (χ2v) is 16.6. The lowest BCUT2D eigenvalue weighted by molar-refractivity contribution is -0.0160. The van der Waals surface area contributed by atoms with Crippen LogP contribution in [0.15, 0.2) is 24.3 Å². The van der Waals surface area contributed by atoms with Gasteiger partial charge in [0.05, 0.1) is 12.7 Å². The first-order valence-electron chi connectivity index (χ1n) is 22.9. The van der Waals surface area contributed by atoms with E-state index in [4.69, 9.17) is 9.47 Å². The summed E-state index contributed by atoms with van der Waals surface area (Å²) >= 11 is 1.41. The SMILES string of the molecule is CCCCCCCC/C=C\CCCCCCCCOCC(CNC(=O)SCCN1CCCC1)OCCCCCCCC/C=C\CCCCCCCC. The van der Waals surface area contributed by atoms with Gasteiger partial charge < -0.3 is 19.7 Å². The largest absolute Gasteiger partial charge is 0.379 e. The molecule has 1 unspecified atom stereocenters. The zero-order valence-corrected chi connectivity index (χ0v) is 35.7. The Morgan fingerprint density at radius 1 is 0.596 bits per heavy atom. The lowest BCUT2D eigenvalue weighted by Gasteiger charge is -2.19. The van der Waals surface area contributed by atoms with Crippen LogP contribution in [0.1, 0.15) is 206 Å². The first-order valence-corrected chi connectivity index (χ1v) is 23.9. The van der Waals surface area contributed by atoms with Crippen molar-refractivity contribution in [1.82, 2.24) is 10.2 Å². The van der Waals surface area contributed by atoms with Crippen LogP contribution in [0.5, 0.6) is 0 Å². The second-order valence-electron chi connectivity index (χ2n) is 15.5. The number of amides is 1. The van der Waals surface area contributed by atoms with Crippen molar-refractivity contribution in [2.24, 2.45) is 0 Å². The first kappa shape index (κ1) is 49.2. The van der Waals surface area contributed by atoms with E-state index in [-0.39, 0.29) is 11.3 Å². The standard InChI is InChI=1S/C46H88N2O3S/c1-3-5-7-9-11-13-15-17-19-21-23-25-27-29-31-35-40-50-44-45(43-47-46(49)52-42-39-48-37-33-34-38-48)51-41-36-32-30-28-26-24-22-20-18-16-14-12-10-8-6-4-2/h17-20,45H,3-16,21-44H2,1-2H3,(H,47,49)/b19-17-,20-18-. The number of ether oxygens (including phenoxy) is 2. The Morgan fingerprint density at radius 2 is 1.02 bits per heavy atom. The summed E-state index contributed by atoms with van der Waals surface area (Å²) in [6.07, 6.45) is 49.0. The number of likely N-dealkylation sites (tertiary alicyclic amines) is 1. The van der Waals surface area contributed by atoms with Gasteiger partial charge in [-0.2, -0.15) is 0 Å². The fourth-order valence-corrected chi connectivity index (χ4v) is 7.67. The number of carbonyl (C=O) groups is 1. The third-order valence-corrected chi connectivity index (χ3v) is 11.2. The minimum atomic E-state index is -0.0691. The van der Waals surface area contributed by atoms with Crippen LogP contribution in [0.25, 0.3) is 0 Å². The molecular weight excluding hydrogens is 661 g/mol. The summed E-state index contributed by atoms with van der Waals surface area (Å²) in [5, 5.41) is 3.18. The minimum absolute atomic E-state index is 0.0679. The average molecular weight is 749 g/mol. The van der Waals surface area contributed by atoms with Crippen molar-refractivity contribution >= 4 is 17.0 Å². The van der Waals surface area contributed by atoms with Crippen molar-refractivity contribution in [2.75, 3.05) is 51.8 Å². The van der Waals surface area contributed by atoms with E-state index in [9.17, 15) is 4.79 Å². The summed E-state index contributed by atoms with van der Waals surface area (Å²) < 4.78 is 12.3. The molecule has 306 valence electrons. The number of nitrogens with zero attached hydrogens (tertiary/aromatic N) is 1. The first-order chi connectivity index (χ1) is 25.8. The quantitative estimate of drug-likeness (QED) is 0.0499. The van der Waals surface area contributed by atoms with E-state index in [2.05, 4.69) is 48.4 Å². The Hall–Kier alpha value is -0.820. The third-order valence-electron chi connectivity index (χ3n) is 10.4.